The van der Waals surface area contributed by atoms with E-state index < -0.39 is 34.9 Å². The molecule has 0 spiro atoms. The van der Waals surface area contributed by atoms with Gasteiger partial charge in [-0.15, -0.1) is 0 Å². The molecule has 2 rings (SSSR count). The average Bonchev–Trinajstić information content (AvgIpc) is 2.26. The topological polar surface area (TPSA) is 20.2 Å². The minimum absolute atomic E-state index is 0.156. The Balaban J connectivity index is 2.60. The van der Waals surface area contributed by atoms with Gasteiger partial charge in [0, 0.05) is 22.2 Å². The molecule has 1 nitrogen and oxygen atoms in total. The Morgan fingerprint density at radius 3 is 2.00 bits per heavy atom. The van der Waals surface area contributed by atoms with Crippen LogP contribution in [0.1, 0.15) is 17.2 Å². The molecule has 0 heterocycles. The molecule has 0 bridgehead atoms. The molecule has 1 unspecified atom stereocenters. The van der Waals surface area contributed by atoms with E-state index in [-0.39, 0.29) is 10.0 Å². The predicted molar refractivity (Wildman–Crippen MR) is 64.5 cm³/mol. The van der Waals surface area contributed by atoms with Gasteiger partial charge in [-0.25, -0.2) is 17.6 Å². The summed E-state index contributed by atoms with van der Waals surface area (Å²) in [5.74, 6) is -4.50. The van der Waals surface area contributed by atoms with Crippen LogP contribution in [0.5, 0.6) is 0 Å². The fraction of sp³-hybridized carbons (Fsp3) is 0.0769. The van der Waals surface area contributed by atoms with Gasteiger partial charge in [-0.1, -0.05) is 22.0 Å². The summed E-state index contributed by atoms with van der Waals surface area (Å²) in [6, 6.07) is 4.68. The molecular formula is C13H7BrF4O. The molecule has 2 aromatic carbocycles. The minimum atomic E-state index is -1.88. The third kappa shape index (κ3) is 2.64. The Hall–Kier alpha value is -1.40. The minimum Gasteiger partial charge on any atom is -0.383 e. The molecule has 0 fully saturated rings. The molecule has 2 aromatic rings. The Bertz CT molecular complexity index is 587. The lowest BCUT2D eigenvalue weighted by atomic mass is 10.00. The van der Waals surface area contributed by atoms with E-state index in [4.69, 9.17) is 0 Å². The maximum absolute atomic E-state index is 13.6. The first-order chi connectivity index (χ1) is 8.91. The lowest BCUT2D eigenvalue weighted by Gasteiger charge is -2.15. The third-order valence-corrected chi connectivity index (χ3v) is 3.28. The number of rotatable bonds is 2. The van der Waals surface area contributed by atoms with Crippen LogP contribution in [0.25, 0.3) is 0 Å². The molecule has 0 radical (unpaired) electrons. The van der Waals surface area contributed by atoms with Crippen LogP contribution >= 0.6 is 15.9 Å². The van der Waals surface area contributed by atoms with Gasteiger partial charge in [-0.2, -0.15) is 0 Å². The van der Waals surface area contributed by atoms with Crippen molar-refractivity contribution in [1.29, 1.82) is 0 Å². The van der Waals surface area contributed by atoms with Gasteiger partial charge in [-0.3, -0.25) is 0 Å². The summed E-state index contributed by atoms with van der Waals surface area (Å²) in [6.07, 6.45) is -1.88. The van der Waals surface area contributed by atoms with Crippen LogP contribution in [-0.2, 0) is 0 Å². The van der Waals surface area contributed by atoms with Crippen LogP contribution in [0.15, 0.2) is 34.8 Å². The summed E-state index contributed by atoms with van der Waals surface area (Å²) in [4.78, 5) is 0. The van der Waals surface area contributed by atoms with Crippen molar-refractivity contribution in [2.24, 2.45) is 0 Å². The van der Waals surface area contributed by atoms with Gasteiger partial charge in [0.1, 0.15) is 29.4 Å². The second kappa shape index (κ2) is 5.30. The first kappa shape index (κ1) is 14.0. The molecule has 0 aromatic heterocycles. The molecule has 0 amide bonds. The highest BCUT2D eigenvalue weighted by Crippen LogP contribution is 2.33. The second-order valence-electron chi connectivity index (χ2n) is 3.82. The Labute approximate surface area is 114 Å². The summed E-state index contributed by atoms with van der Waals surface area (Å²) in [7, 11) is 0. The van der Waals surface area contributed by atoms with Crippen molar-refractivity contribution in [3.05, 3.63) is 69.2 Å². The lowest BCUT2D eigenvalue weighted by Crippen LogP contribution is -2.09. The van der Waals surface area contributed by atoms with Crippen LogP contribution in [0.4, 0.5) is 17.6 Å². The predicted octanol–water partition coefficient (Wildman–Crippen LogP) is 4.09. The number of aliphatic hydroxyl groups excluding tert-OH is 1. The fourth-order valence-corrected chi connectivity index (χ4v) is 2.29. The van der Waals surface area contributed by atoms with E-state index in [2.05, 4.69) is 15.9 Å². The highest BCUT2D eigenvalue weighted by Gasteiger charge is 2.25. The number of aliphatic hydroxyl groups is 1. The van der Waals surface area contributed by atoms with Crippen molar-refractivity contribution in [3.8, 4) is 0 Å². The van der Waals surface area contributed by atoms with Gasteiger partial charge in [0.05, 0.1) is 5.56 Å². The molecular weight excluding hydrogens is 328 g/mol. The van der Waals surface area contributed by atoms with Gasteiger partial charge in [-0.05, 0) is 12.1 Å². The van der Waals surface area contributed by atoms with E-state index in [0.29, 0.717) is 12.1 Å². The van der Waals surface area contributed by atoms with Gasteiger partial charge in [0.2, 0.25) is 0 Å². The number of benzene rings is 2. The average molecular weight is 335 g/mol. The van der Waals surface area contributed by atoms with E-state index in [0.717, 1.165) is 6.07 Å². The first-order valence-electron chi connectivity index (χ1n) is 5.18. The molecule has 6 heteroatoms. The van der Waals surface area contributed by atoms with Crippen molar-refractivity contribution >= 4 is 15.9 Å². The fourth-order valence-electron chi connectivity index (χ4n) is 1.73. The Morgan fingerprint density at radius 2 is 1.47 bits per heavy atom. The van der Waals surface area contributed by atoms with E-state index in [1.807, 2.05) is 0 Å². The van der Waals surface area contributed by atoms with Crippen LogP contribution in [0, 0.1) is 23.3 Å². The zero-order valence-electron chi connectivity index (χ0n) is 9.30. The Kier molecular flexibility index (Phi) is 3.91. The SMILES string of the molecule is OC(c1c(F)cc(F)cc1F)c1c(F)cccc1Br. The molecule has 0 saturated carbocycles. The smallest absolute Gasteiger partial charge is 0.135 e. The first-order valence-corrected chi connectivity index (χ1v) is 5.97. The largest absolute Gasteiger partial charge is 0.383 e. The monoisotopic (exact) mass is 334 g/mol. The lowest BCUT2D eigenvalue weighted by molar-refractivity contribution is 0.203. The van der Waals surface area contributed by atoms with E-state index in [1.54, 1.807) is 0 Å². The van der Waals surface area contributed by atoms with E-state index in [9.17, 15) is 22.7 Å². The standard InChI is InChI=1S/C13H7BrF4O/c14-7-2-1-3-8(16)11(7)13(19)12-9(17)4-6(15)5-10(12)18/h1-5,13,19H. The second-order valence-corrected chi connectivity index (χ2v) is 4.68. The summed E-state index contributed by atoms with van der Waals surface area (Å²) in [5, 5.41) is 9.93. The summed E-state index contributed by atoms with van der Waals surface area (Å²) < 4.78 is 53.6. The van der Waals surface area contributed by atoms with Gasteiger partial charge in [0.15, 0.2) is 0 Å². The molecule has 100 valence electrons. The van der Waals surface area contributed by atoms with Crippen molar-refractivity contribution < 1.29 is 22.7 Å². The summed E-state index contributed by atoms with van der Waals surface area (Å²) in [6.45, 7) is 0. The normalized spacial score (nSPS) is 12.5. The van der Waals surface area contributed by atoms with Crippen molar-refractivity contribution in [1.82, 2.24) is 0 Å². The molecule has 19 heavy (non-hydrogen) atoms. The molecule has 1 N–H and O–H groups in total. The number of hydrogen-bond donors (Lipinski definition) is 1. The zero-order chi connectivity index (χ0) is 14.2. The molecule has 0 aliphatic heterocycles. The van der Waals surface area contributed by atoms with Crippen molar-refractivity contribution in [2.75, 3.05) is 0 Å². The molecule has 0 aliphatic carbocycles. The Morgan fingerprint density at radius 1 is 0.895 bits per heavy atom. The number of halogens is 5. The maximum Gasteiger partial charge on any atom is 0.135 e. The third-order valence-electron chi connectivity index (χ3n) is 2.59. The zero-order valence-corrected chi connectivity index (χ0v) is 10.9. The van der Waals surface area contributed by atoms with Gasteiger partial charge >= 0.3 is 0 Å². The summed E-state index contributed by atoms with van der Waals surface area (Å²) in [5.41, 5.74) is -1.11. The quantitative estimate of drug-likeness (QED) is 0.820. The highest BCUT2D eigenvalue weighted by molar-refractivity contribution is 9.10. The maximum atomic E-state index is 13.6. The van der Waals surface area contributed by atoms with E-state index in [1.165, 1.54) is 12.1 Å². The molecule has 1 atom stereocenters. The van der Waals surface area contributed by atoms with Gasteiger partial charge in [0.25, 0.3) is 0 Å². The van der Waals surface area contributed by atoms with Crippen LogP contribution in [0.2, 0.25) is 0 Å². The van der Waals surface area contributed by atoms with Crippen LogP contribution in [-0.4, -0.2) is 5.11 Å². The van der Waals surface area contributed by atoms with Crippen molar-refractivity contribution in [3.63, 3.8) is 0 Å². The van der Waals surface area contributed by atoms with Crippen LogP contribution in [0.3, 0.4) is 0 Å². The number of hydrogen-bond acceptors (Lipinski definition) is 1. The van der Waals surface area contributed by atoms with Crippen molar-refractivity contribution in [2.45, 2.75) is 6.10 Å². The van der Waals surface area contributed by atoms with Gasteiger partial charge < -0.3 is 5.11 Å². The molecule has 0 saturated heterocycles. The summed E-state index contributed by atoms with van der Waals surface area (Å²) >= 11 is 2.99. The van der Waals surface area contributed by atoms with Crippen LogP contribution < -0.4 is 0 Å². The van der Waals surface area contributed by atoms with E-state index >= 15 is 0 Å². The molecule has 0 aliphatic rings. The highest BCUT2D eigenvalue weighted by atomic mass is 79.9.